The minimum absolute atomic E-state index is 0.0286. The number of nitrogens with one attached hydrogen (secondary N) is 1. The first-order valence-electron chi connectivity index (χ1n) is 9.64. The molecule has 2 aromatic heterocycles. The molecule has 1 aliphatic heterocycles. The molecule has 4 rings (SSSR count). The van der Waals surface area contributed by atoms with E-state index in [0.717, 1.165) is 25.2 Å². The Morgan fingerprint density at radius 3 is 2.60 bits per heavy atom. The fourth-order valence-corrected chi connectivity index (χ4v) is 3.49. The third-order valence-electron chi connectivity index (χ3n) is 5.06. The lowest BCUT2D eigenvalue weighted by Gasteiger charge is -2.32. The van der Waals surface area contributed by atoms with Crippen molar-refractivity contribution in [3.05, 3.63) is 43.0 Å². The number of carbonyl (C=O) groups is 1. The first-order valence-corrected chi connectivity index (χ1v) is 9.64. The molecule has 156 valence electrons. The van der Waals surface area contributed by atoms with E-state index in [1.165, 1.54) is 6.33 Å². The Kier molecular flexibility index (Phi) is 5.73. The second-order valence-corrected chi connectivity index (χ2v) is 6.93. The van der Waals surface area contributed by atoms with Crippen LogP contribution in [0.1, 0.15) is 12.8 Å². The summed E-state index contributed by atoms with van der Waals surface area (Å²) < 4.78 is 12.1. The highest BCUT2D eigenvalue weighted by Gasteiger charge is 2.27. The number of anilines is 2. The molecule has 3 heterocycles. The number of carbonyl (C=O) groups excluding carboxylic acids is 1. The zero-order valence-corrected chi connectivity index (χ0v) is 16.9. The van der Waals surface area contributed by atoms with Crippen molar-refractivity contribution in [1.82, 2.24) is 25.0 Å². The lowest BCUT2D eigenvalue weighted by molar-refractivity contribution is -0.120. The van der Waals surface area contributed by atoms with Crippen molar-refractivity contribution >= 4 is 17.4 Å². The van der Waals surface area contributed by atoms with Gasteiger partial charge >= 0.3 is 0 Å². The number of hydrogen-bond acceptors (Lipinski definition) is 8. The molecule has 1 atom stereocenters. The van der Waals surface area contributed by atoms with E-state index in [-0.39, 0.29) is 11.8 Å². The molecule has 1 aliphatic rings. The van der Waals surface area contributed by atoms with Gasteiger partial charge in [-0.15, -0.1) is 10.2 Å². The van der Waals surface area contributed by atoms with Crippen LogP contribution in [0.4, 0.5) is 11.5 Å². The van der Waals surface area contributed by atoms with Crippen molar-refractivity contribution in [3.8, 4) is 17.3 Å². The number of rotatable bonds is 6. The molecule has 1 amide bonds. The maximum atomic E-state index is 12.8. The van der Waals surface area contributed by atoms with Crippen LogP contribution in [-0.4, -0.2) is 58.2 Å². The van der Waals surface area contributed by atoms with Gasteiger partial charge in [-0.05, 0) is 37.1 Å². The van der Waals surface area contributed by atoms with Crippen molar-refractivity contribution in [2.45, 2.75) is 12.8 Å². The highest BCUT2D eigenvalue weighted by atomic mass is 16.5. The van der Waals surface area contributed by atoms with Crippen molar-refractivity contribution < 1.29 is 14.3 Å². The van der Waals surface area contributed by atoms with Gasteiger partial charge in [0.05, 0.1) is 20.1 Å². The van der Waals surface area contributed by atoms with Gasteiger partial charge in [-0.25, -0.2) is 9.67 Å². The third kappa shape index (κ3) is 4.17. The van der Waals surface area contributed by atoms with Gasteiger partial charge in [0.25, 0.3) is 0 Å². The van der Waals surface area contributed by atoms with Crippen LogP contribution in [0.3, 0.4) is 0 Å². The Balaban J connectivity index is 1.41. The third-order valence-corrected chi connectivity index (χ3v) is 5.06. The second-order valence-electron chi connectivity index (χ2n) is 6.93. The number of amides is 1. The molecule has 3 aromatic rings. The van der Waals surface area contributed by atoms with Crippen molar-refractivity contribution in [3.63, 3.8) is 0 Å². The molecule has 0 spiro atoms. The van der Waals surface area contributed by atoms with Gasteiger partial charge in [-0.1, -0.05) is 0 Å². The van der Waals surface area contributed by atoms with Crippen LogP contribution in [-0.2, 0) is 4.79 Å². The van der Waals surface area contributed by atoms with Crippen LogP contribution in [0.2, 0.25) is 0 Å². The van der Waals surface area contributed by atoms with Crippen LogP contribution >= 0.6 is 0 Å². The number of aromatic nitrogens is 5. The van der Waals surface area contributed by atoms with Crippen LogP contribution < -0.4 is 19.7 Å². The van der Waals surface area contributed by atoms with E-state index in [9.17, 15) is 4.79 Å². The SMILES string of the molecule is COc1ccc(NC(=O)C2CCCN(c3ccc(-n4cncn4)nn3)C2)cc1OC. The maximum absolute atomic E-state index is 12.8. The van der Waals surface area contributed by atoms with Gasteiger partial charge in [0.1, 0.15) is 12.7 Å². The largest absolute Gasteiger partial charge is 0.493 e. The molecule has 1 fully saturated rings. The Morgan fingerprint density at radius 1 is 1.10 bits per heavy atom. The first kappa shape index (κ1) is 19.6. The number of methoxy groups -OCH3 is 2. The summed E-state index contributed by atoms with van der Waals surface area (Å²) in [4.78, 5) is 18.8. The van der Waals surface area contributed by atoms with Crippen molar-refractivity contribution in [2.24, 2.45) is 5.92 Å². The fraction of sp³-hybridized carbons (Fsp3) is 0.350. The molecule has 10 nitrogen and oxygen atoms in total. The van der Waals surface area contributed by atoms with E-state index < -0.39 is 0 Å². The normalized spacial score (nSPS) is 16.2. The number of piperidine rings is 1. The summed E-state index contributed by atoms with van der Waals surface area (Å²) in [6.45, 7) is 1.41. The van der Waals surface area contributed by atoms with Crippen molar-refractivity contribution in [2.75, 3.05) is 37.5 Å². The zero-order valence-electron chi connectivity index (χ0n) is 16.9. The number of nitrogens with zero attached hydrogens (tertiary/aromatic N) is 6. The van der Waals surface area contributed by atoms with Crippen LogP contribution in [0.25, 0.3) is 5.82 Å². The predicted molar refractivity (Wildman–Crippen MR) is 110 cm³/mol. The van der Waals surface area contributed by atoms with Gasteiger partial charge in [-0.2, -0.15) is 5.10 Å². The average Bonchev–Trinajstić information content (AvgIpc) is 3.34. The molecule has 0 bridgehead atoms. The molecule has 30 heavy (non-hydrogen) atoms. The van der Waals surface area contributed by atoms with Gasteiger partial charge in [-0.3, -0.25) is 4.79 Å². The molecule has 0 aliphatic carbocycles. The quantitative estimate of drug-likeness (QED) is 0.658. The van der Waals surface area contributed by atoms with Crippen LogP contribution in [0, 0.1) is 5.92 Å². The van der Waals surface area contributed by atoms with E-state index in [1.54, 1.807) is 43.4 Å². The van der Waals surface area contributed by atoms with Gasteiger partial charge in [0.15, 0.2) is 23.1 Å². The Bertz CT molecular complexity index is 992. The molecule has 1 saturated heterocycles. The molecule has 1 unspecified atom stereocenters. The molecule has 0 saturated carbocycles. The van der Waals surface area contributed by atoms with Crippen molar-refractivity contribution in [1.29, 1.82) is 0 Å². The lowest BCUT2D eigenvalue weighted by Crippen LogP contribution is -2.41. The van der Waals surface area contributed by atoms with Gasteiger partial charge in [0.2, 0.25) is 5.91 Å². The molecule has 0 radical (unpaired) electrons. The summed E-state index contributed by atoms with van der Waals surface area (Å²) in [6.07, 6.45) is 4.73. The standard InChI is InChI=1S/C20H23N7O3/c1-29-16-6-5-15(10-17(16)30-2)23-20(28)14-4-3-9-26(11-14)18-7-8-19(25-24-18)27-13-21-12-22-27/h5-8,10,12-14H,3-4,9,11H2,1-2H3,(H,23,28). The summed E-state index contributed by atoms with van der Waals surface area (Å²) in [5.41, 5.74) is 0.673. The first-order chi connectivity index (χ1) is 14.7. The highest BCUT2D eigenvalue weighted by Crippen LogP contribution is 2.30. The summed E-state index contributed by atoms with van der Waals surface area (Å²) in [5, 5.41) is 15.5. The number of benzene rings is 1. The average molecular weight is 409 g/mol. The minimum atomic E-state index is -0.149. The Morgan fingerprint density at radius 2 is 1.90 bits per heavy atom. The molecular formula is C20H23N7O3. The Labute approximate surface area is 173 Å². The van der Waals surface area contributed by atoms with E-state index in [0.29, 0.717) is 29.5 Å². The van der Waals surface area contributed by atoms with Crippen LogP contribution in [0.5, 0.6) is 11.5 Å². The summed E-state index contributed by atoms with van der Waals surface area (Å²) in [6, 6.07) is 9.05. The number of ether oxygens (including phenoxy) is 2. The second kappa shape index (κ2) is 8.76. The summed E-state index contributed by atoms with van der Waals surface area (Å²) >= 11 is 0. The molecular weight excluding hydrogens is 386 g/mol. The monoisotopic (exact) mass is 409 g/mol. The fourth-order valence-electron chi connectivity index (χ4n) is 3.49. The minimum Gasteiger partial charge on any atom is -0.493 e. The van der Waals surface area contributed by atoms with E-state index >= 15 is 0 Å². The summed E-state index contributed by atoms with van der Waals surface area (Å²) in [5.74, 6) is 2.34. The Hall–Kier alpha value is -3.69. The van der Waals surface area contributed by atoms with Gasteiger partial charge < -0.3 is 19.7 Å². The smallest absolute Gasteiger partial charge is 0.229 e. The molecule has 10 heteroatoms. The van der Waals surface area contributed by atoms with Crippen LogP contribution in [0.15, 0.2) is 43.0 Å². The maximum Gasteiger partial charge on any atom is 0.229 e. The predicted octanol–water partition coefficient (Wildman–Crippen LogP) is 1.93. The molecule has 1 aromatic carbocycles. The topological polar surface area (TPSA) is 107 Å². The lowest BCUT2D eigenvalue weighted by atomic mass is 9.97. The highest BCUT2D eigenvalue weighted by molar-refractivity contribution is 5.93. The number of hydrogen-bond donors (Lipinski definition) is 1. The zero-order chi connectivity index (χ0) is 20.9. The molecule has 1 N–H and O–H groups in total. The van der Waals surface area contributed by atoms with E-state index in [2.05, 4.69) is 30.5 Å². The van der Waals surface area contributed by atoms with E-state index in [4.69, 9.17) is 9.47 Å². The van der Waals surface area contributed by atoms with Gasteiger partial charge in [0, 0.05) is 24.8 Å². The van der Waals surface area contributed by atoms with E-state index in [1.807, 2.05) is 12.1 Å². The summed E-state index contributed by atoms with van der Waals surface area (Å²) in [7, 11) is 3.14.